The third-order valence-corrected chi connectivity index (χ3v) is 4.47. The van der Waals surface area contributed by atoms with Crippen LogP contribution in [0.2, 0.25) is 0 Å². The first-order valence-electron chi connectivity index (χ1n) is 4.93. The van der Waals surface area contributed by atoms with Crippen molar-refractivity contribution in [2.24, 2.45) is 7.05 Å². The van der Waals surface area contributed by atoms with Crippen LogP contribution in [0, 0.1) is 13.8 Å². The highest BCUT2D eigenvalue weighted by Crippen LogP contribution is 2.33. The first kappa shape index (κ1) is 11.8. The topological polar surface area (TPSA) is 38.1 Å². The van der Waals surface area contributed by atoms with Crippen molar-refractivity contribution in [2.75, 3.05) is 0 Å². The normalized spacial score (nSPS) is 13.1. The zero-order chi connectivity index (χ0) is 11.9. The molecule has 0 saturated heterocycles. The third-order valence-electron chi connectivity index (χ3n) is 2.65. The van der Waals surface area contributed by atoms with Crippen molar-refractivity contribution >= 4 is 27.3 Å². The Morgan fingerprint density at radius 3 is 2.62 bits per heavy atom. The lowest BCUT2D eigenvalue weighted by atomic mass is 10.2. The Balaban J connectivity index is 2.42. The van der Waals surface area contributed by atoms with Crippen LogP contribution < -0.4 is 0 Å². The lowest BCUT2D eigenvalue weighted by molar-refractivity contribution is 0.212. The van der Waals surface area contributed by atoms with E-state index in [-0.39, 0.29) is 0 Å². The van der Waals surface area contributed by atoms with Crippen molar-refractivity contribution in [1.82, 2.24) is 9.78 Å². The summed E-state index contributed by atoms with van der Waals surface area (Å²) in [6.45, 7) is 4.12. The Hall–Kier alpha value is -0.650. The predicted molar refractivity (Wildman–Crippen MR) is 68.8 cm³/mol. The fourth-order valence-electron chi connectivity index (χ4n) is 1.60. The average Bonchev–Trinajstić information content (AvgIpc) is 2.72. The molecule has 0 radical (unpaired) electrons. The molecule has 0 amide bonds. The van der Waals surface area contributed by atoms with E-state index >= 15 is 0 Å². The van der Waals surface area contributed by atoms with E-state index < -0.39 is 6.10 Å². The molecule has 0 aromatic carbocycles. The number of hydrogen-bond acceptors (Lipinski definition) is 3. The van der Waals surface area contributed by atoms with Gasteiger partial charge in [0.2, 0.25) is 0 Å². The zero-order valence-electron chi connectivity index (χ0n) is 9.36. The smallest absolute Gasteiger partial charge is 0.131 e. The highest BCUT2D eigenvalue weighted by atomic mass is 79.9. The summed E-state index contributed by atoms with van der Waals surface area (Å²) < 4.78 is 2.53. The van der Waals surface area contributed by atoms with Gasteiger partial charge in [-0.25, -0.2) is 0 Å². The first-order valence-corrected chi connectivity index (χ1v) is 6.54. The second-order valence-corrected chi connectivity index (χ2v) is 5.93. The summed E-state index contributed by atoms with van der Waals surface area (Å²) in [5.41, 5.74) is 2.01. The Labute approximate surface area is 107 Å². The number of aliphatic hydroxyl groups excluding tert-OH is 1. The van der Waals surface area contributed by atoms with Crippen LogP contribution in [0.25, 0.3) is 0 Å². The van der Waals surface area contributed by atoms with Gasteiger partial charge in [0.15, 0.2) is 0 Å². The molecule has 1 N–H and O–H groups in total. The molecule has 0 bridgehead atoms. The molecule has 16 heavy (non-hydrogen) atoms. The molecule has 1 unspecified atom stereocenters. The molecule has 2 heterocycles. The SMILES string of the molecule is Cc1cc(C(O)c2c(Br)cnn2C)sc1C. The minimum absolute atomic E-state index is 0.612. The number of aromatic nitrogens is 2. The third kappa shape index (κ3) is 1.95. The van der Waals surface area contributed by atoms with Gasteiger partial charge in [0.05, 0.1) is 16.4 Å². The van der Waals surface area contributed by atoms with E-state index in [1.54, 1.807) is 22.2 Å². The average molecular weight is 301 g/mol. The molecular weight excluding hydrogens is 288 g/mol. The highest BCUT2D eigenvalue weighted by molar-refractivity contribution is 9.10. The number of halogens is 1. The maximum absolute atomic E-state index is 10.3. The van der Waals surface area contributed by atoms with E-state index in [4.69, 9.17) is 0 Å². The van der Waals surface area contributed by atoms with Gasteiger partial charge in [0.25, 0.3) is 0 Å². The standard InChI is InChI=1S/C11H13BrN2OS/c1-6-4-9(16-7(6)2)11(15)10-8(12)5-13-14(10)3/h4-5,11,15H,1-3H3. The molecule has 0 aliphatic heterocycles. The number of rotatable bonds is 2. The summed E-state index contributed by atoms with van der Waals surface area (Å²) in [5, 5.41) is 14.4. The molecule has 86 valence electrons. The van der Waals surface area contributed by atoms with Gasteiger partial charge in [-0.1, -0.05) is 0 Å². The lowest BCUT2D eigenvalue weighted by Gasteiger charge is -2.09. The number of hydrogen-bond donors (Lipinski definition) is 1. The van der Waals surface area contributed by atoms with Crippen molar-refractivity contribution in [3.63, 3.8) is 0 Å². The van der Waals surface area contributed by atoms with Crippen LogP contribution in [0.1, 0.15) is 27.1 Å². The Morgan fingerprint density at radius 2 is 2.19 bits per heavy atom. The Morgan fingerprint density at radius 1 is 1.50 bits per heavy atom. The lowest BCUT2D eigenvalue weighted by Crippen LogP contribution is -2.05. The van der Waals surface area contributed by atoms with Crippen molar-refractivity contribution in [3.8, 4) is 0 Å². The van der Waals surface area contributed by atoms with Crippen LogP contribution in [-0.4, -0.2) is 14.9 Å². The van der Waals surface area contributed by atoms with Crippen LogP contribution in [0.4, 0.5) is 0 Å². The second-order valence-electron chi connectivity index (χ2n) is 3.79. The van der Waals surface area contributed by atoms with E-state index in [0.717, 1.165) is 15.0 Å². The first-order chi connectivity index (χ1) is 7.50. The summed E-state index contributed by atoms with van der Waals surface area (Å²) in [7, 11) is 1.83. The Kier molecular flexibility index (Phi) is 3.19. The maximum atomic E-state index is 10.3. The molecule has 2 aromatic heterocycles. The van der Waals surface area contributed by atoms with Gasteiger partial charge in [-0.05, 0) is 41.4 Å². The molecule has 5 heteroatoms. The van der Waals surface area contributed by atoms with Gasteiger partial charge < -0.3 is 5.11 Å². The zero-order valence-corrected chi connectivity index (χ0v) is 11.8. The van der Waals surface area contributed by atoms with Gasteiger partial charge in [0, 0.05) is 16.8 Å². The fraction of sp³-hybridized carbons (Fsp3) is 0.364. The van der Waals surface area contributed by atoms with Crippen LogP contribution in [0.5, 0.6) is 0 Å². The summed E-state index contributed by atoms with van der Waals surface area (Å²) in [6, 6.07) is 2.03. The summed E-state index contributed by atoms with van der Waals surface area (Å²) in [6.07, 6.45) is 1.09. The molecule has 0 saturated carbocycles. The van der Waals surface area contributed by atoms with E-state index in [0.29, 0.717) is 0 Å². The molecule has 2 rings (SSSR count). The quantitative estimate of drug-likeness (QED) is 0.926. The molecule has 3 nitrogen and oxygen atoms in total. The van der Waals surface area contributed by atoms with E-state index in [2.05, 4.69) is 34.9 Å². The largest absolute Gasteiger partial charge is 0.381 e. The van der Waals surface area contributed by atoms with Crippen LogP contribution in [0.3, 0.4) is 0 Å². The van der Waals surface area contributed by atoms with E-state index in [1.807, 2.05) is 13.1 Å². The van der Waals surface area contributed by atoms with Crippen molar-refractivity contribution < 1.29 is 5.11 Å². The maximum Gasteiger partial charge on any atom is 0.131 e. The number of thiophene rings is 1. The van der Waals surface area contributed by atoms with Crippen molar-refractivity contribution in [1.29, 1.82) is 0 Å². The van der Waals surface area contributed by atoms with Gasteiger partial charge in [0.1, 0.15) is 6.10 Å². The monoisotopic (exact) mass is 300 g/mol. The van der Waals surface area contributed by atoms with E-state index in [1.165, 1.54) is 10.4 Å². The van der Waals surface area contributed by atoms with Crippen molar-refractivity contribution in [2.45, 2.75) is 20.0 Å². The number of aryl methyl sites for hydroxylation is 3. The minimum atomic E-state index is -0.612. The number of nitrogens with zero attached hydrogens (tertiary/aromatic N) is 2. The molecule has 1 atom stereocenters. The Bertz CT molecular complexity index is 479. The predicted octanol–water partition coefficient (Wildman–Crippen LogP) is 2.94. The van der Waals surface area contributed by atoms with E-state index in [9.17, 15) is 5.11 Å². The summed E-state index contributed by atoms with van der Waals surface area (Å²) in [4.78, 5) is 2.20. The molecular formula is C11H13BrN2OS. The highest BCUT2D eigenvalue weighted by Gasteiger charge is 2.20. The van der Waals surface area contributed by atoms with Crippen LogP contribution in [0.15, 0.2) is 16.7 Å². The summed E-state index contributed by atoms with van der Waals surface area (Å²) in [5.74, 6) is 0. The summed E-state index contributed by atoms with van der Waals surface area (Å²) >= 11 is 5.03. The van der Waals surface area contributed by atoms with Gasteiger partial charge in [-0.2, -0.15) is 5.10 Å². The molecule has 2 aromatic rings. The molecule has 0 aliphatic carbocycles. The van der Waals surface area contributed by atoms with Crippen LogP contribution in [-0.2, 0) is 7.05 Å². The van der Waals surface area contributed by atoms with Crippen LogP contribution >= 0.6 is 27.3 Å². The molecule has 0 spiro atoms. The molecule has 0 aliphatic rings. The van der Waals surface area contributed by atoms with Gasteiger partial charge >= 0.3 is 0 Å². The number of aliphatic hydroxyl groups is 1. The molecule has 0 fully saturated rings. The van der Waals surface area contributed by atoms with Gasteiger partial charge in [-0.3, -0.25) is 4.68 Å². The van der Waals surface area contributed by atoms with Crippen molar-refractivity contribution in [3.05, 3.63) is 37.7 Å². The fourth-order valence-corrected chi connectivity index (χ4v) is 3.20. The minimum Gasteiger partial charge on any atom is -0.381 e. The van der Waals surface area contributed by atoms with Gasteiger partial charge in [-0.15, -0.1) is 11.3 Å². The second kappa shape index (κ2) is 4.31.